The lowest BCUT2D eigenvalue weighted by Gasteiger charge is -2.15. The molecule has 3 nitrogen and oxygen atoms in total. The molecule has 2 aromatic rings. The zero-order chi connectivity index (χ0) is 17.2. The molecule has 0 heterocycles. The van der Waals surface area contributed by atoms with Crippen molar-refractivity contribution in [2.24, 2.45) is 0 Å². The molecule has 0 aliphatic carbocycles. The maximum absolute atomic E-state index is 12.5. The summed E-state index contributed by atoms with van der Waals surface area (Å²) in [5.41, 5.74) is 1.72. The molecule has 0 saturated carbocycles. The molecular formula is C17H15F3O3. The molecule has 0 aliphatic rings. The van der Waals surface area contributed by atoms with Crippen molar-refractivity contribution in [3.8, 4) is 22.6 Å². The lowest BCUT2D eigenvalue weighted by molar-refractivity contribution is -0.0885. The number of hydrogen-bond donors (Lipinski definition) is 0. The van der Waals surface area contributed by atoms with Gasteiger partial charge in [0.2, 0.25) is 0 Å². The van der Waals surface area contributed by atoms with Crippen LogP contribution in [0.1, 0.15) is 15.9 Å². The van der Waals surface area contributed by atoms with Crippen LogP contribution in [-0.4, -0.2) is 26.2 Å². The molecule has 0 bridgehead atoms. The van der Waals surface area contributed by atoms with Gasteiger partial charge < -0.3 is 9.47 Å². The van der Waals surface area contributed by atoms with Crippen LogP contribution in [-0.2, 0) is 0 Å². The van der Waals surface area contributed by atoms with Gasteiger partial charge in [-0.25, -0.2) is 0 Å². The van der Waals surface area contributed by atoms with E-state index in [4.69, 9.17) is 9.47 Å². The van der Waals surface area contributed by atoms with Gasteiger partial charge in [-0.3, -0.25) is 4.79 Å². The van der Waals surface area contributed by atoms with Crippen LogP contribution in [0.4, 0.5) is 13.2 Å². The first-order chi connectivity index (χ1) is 10.8. The molecular weight excluding hydrogens is 309 g/mol. The molecule has 0 aromatic heterocycles. The van der Waals surface area contributed by atoms with E-state index in [1.807, 2.05) is 6.92 Å². The number of ether oxygens (including phenoxy) is 2. The molecule has 0 fully saturated rings. The number of Topliss-reactive ketones (excluding diaryl/α,β-unsaturated/α-hetero) is 1. The Morgan fingerprint density at radius 2 is 1.43 bits per heavy atom. The number of carbonyl (C=O) groups is 1. The first-order valence-corrected chi connectivity index (χ1v) is 6.72. The molecule has 0 N–H and O–H groups in total. The maximum atomic E-state index is 12.5. The molecule has 0 spiro atoms. The summed E-state index contributed by atoms with van der Waals surface area (Å²) in [5.74, 6) is -0.791. The van der Waals surface area contributed by atoms with Gasteiger partial charge in [-0.15, -0.1) is 0 Å². The van der Waals surface area contributed by atoms with E-state index in [0.717, 1.165) is 17.7 Å². The van der Waals surface area contributed by atoms with Crippen LogP contribution in [0.25, 0.3) is 11.1 Å². The Morgan fingerprint density at radius 3 is 1.83 bits per heavy atom. The summed E-state index contributed by atoms with van der Waals surface area (Å²) in [5, 5.41) is 0. The monoisotopic (exact) mass is 324 g/mol. The van der Waals surface area contributed by atoms with Crippen molar-refractivity contribution < 1.29 is 27.4 Å². The molecule has 2 rings (SSSR count). The second-order valence-corrected chi connectivity index (χ2v) is 4.95. The van der Waals surface area contributed by atoms with Crippen molar-refractivity contribution in [2.45, 2.75) is 13.1 Å². The number of aryl methyl sites for hydroxylation is 1. The molecule has 23 heavy (non-hydrogen) atoms. The highest BCUT2D eigenvalue weighted by Gasteiger charge is 2.39. The standard InChI is InChI=1S/C17H15F3O3/c1-10-8-13(22-2)15(14(9-10)23-3)11-4-6-12(7-5-11)16(21)17(18,19)20/h4-9H,1-3H3. The SMILES string of the molecule is COc1cc(C)cc(OC)c1-c1ccc(C(=O)C(F)(F)F)cc1. The normalized spacial score (nSPS) is 11.2. The molecule has 0 unspecified atom stereocenters. The van der Waals surface area contributed by atoms with Gasteiger partial charge >= 0.3 is 6.18 Å². The van der Waals surface area contributed by atoms with E-state index in [0.29, 0.717) is 22.6 Å². The Morgan fingerprint density at radius 1 is 0.957 bits per heavy atom. The van der Waals surface area contributed by atoms with Gasteiger partial charge in [-0.1, -0.05) is 24.3 Å². The van der Waals surface area contributed by atoms with Gasteiger partial charge in [0, 0.05) is 5.56 Å². The highest BCUT2D eigenvalue weighted by molar-refractivity contribution is 6.00. The summed E-state index contributed by atoms with van der Waals surface area (Å²) < 4.78 is 48.0. The fraction of sp³-hybridized carbons (Fsp3) is 0.235. The van der Waals surface area contributed by atoms with Gasteiger partial charge in [0.15, 0.2) is 0 Å². The van der Waals surface area contributed by atoms with Crippen LogP contribution in [0.2, 0.25) is 0 Å². The van der Waals surface area contributed by atoms with Crippen molar-refractivity contribution in [2.75, 3.05) is 14.2 Å². The van der Waals surface area contributed by atoms with E-state index in [1.165, 1.54) is 26.4 Å². The predicted molar refractivity (Wildman–Crippen MR) is 80.1 cm³/mol. The fourth-order valence-corrected chi connectivity index (χ4v) is 2.28. The van der Waals surface area contributed by atoms with E-state index in [2.05, 4.69) is 0 Å². The van der Waals surface area contributed by atoms with Crippen LogP contribution < -0.4 is 9.47 Å². The van der Waals surface area contributed by atoms with Crippen molar-refractivity contribution in [1.29, 1.82) is 0 Å². The van der Waals surface area contributed by atoms with E-state index in [9.17, 15) is 18.0 Å². The van der Waals surface area contributed by atoms with Crippen molar-refractivity contribution in [1.82, 2.24) is 0 Å². The Bertz CT molecular complexity index is 694. The zero-order valence-corrected chi connectivity index (χ0v) is 12.8. The molecule has 122 valence electrons. The van der Waals surface area contributed by atoms with Crippen molar-refractivity contribution in [3.05, 3.63) is 47.5 Å². The third-order valence-corrected chi connectivity index (χ3v) is 3.34. The summed E-state index contributed by atoms with van der Waals surface area (Å²) in [6, 6.07) is 8.76. The number of methoxy groups -OCH3 is 2. The molecule has 6 heteroatoms. The Hall–Kier alpha value is -2.50. The van der Waals surface area contributed by atoms with E-state index >= 15 is 0 Å². The Balaban J connectivity index is 2.50. The second kappa shape index (κ2) is 6.32. The minimum absolute atomic E-state index is 0.411. The van der Waals surface area contributed by atoms with Crippen LogP contribution in [0.3, 0.4) is 0 Å². The minimum Gasteiger partial charge on any atom is -0.496 e. The van der Waals surface area contributed by atoms with Crippen molar-refractivity contribution >= 4 is 5.78 Å². The number of rotatable bonds is 4. The van der Waals surface area contributed by atoms with Crippen molar-refractivity contribution in [3.63, 3.8) is 0 Å². The first kappa shape index (κ1) is 16.9. The predicted octanol–water partition coefficient (Wildman–Crippen LogP) is 4.42. The molecule has 0 aliphatic heterocycles. The minimum atomic E-state index is -4.89. The van der Waals surface area contributed by atoms with Crippen LogP contribution in [0.5, 0.6) is 11.5 Å². The summed E-state index contributed by atoms with van der Waals surface area (Å²) in [7, 11) is 3.00. The average Bonchev–Trinajstić information content (AvgIpc) is 2.52. The van der Waals surface area contributed by atoms with E-state index < -0.39 is 17.5 Å². The number of hydrogen-bond acceptors (Lipinski definition) is 3. The molecule has 0 atom stereocenters. The van der Waals surface area contributed by atoms with Gasteiger partial charge in [-0.05, 0) is 30.2 Å². The largest absolute Gasteiger partial charge is 0.496 e. The lowest BCUT2D eigenvalue weighted by atomic mass is 9.99. The van der Waals surface area contributed by atoms with Gasteiger partial charge in [0.25, 0.3) is 5.78 Å². The van der Waals surface area contributed by atoms with E-state index in [-0.39, 0.29) is 0 Å². The molecule has 2 aromatic carbocycles. The molecule has 0 radical (unpaired) electrons. The number of carbonyl (C=O) groups excluding carboxylic acids is 1. The quantitative estimate of drug-likeness (QED) is 0.781. The van der Waals surface area contributed by atoms with Crippen LogP contribution >= 0.6 is 0 Å². The number of alkyl halides is 3. The van der Waals surface area contributed by atoms with E-state index in [1.54, 1.807) is 12.1 Å². The van der Waals surface area contributed by atoms with Gasteiger partial charge in [-0.2, -0.15) is 13.2 Å². The first-order valence-electron chi connectivity index (χ1n) is 6.72. The Kier molecular flexibility index (Phi) is 4.63. The highest BCUT2D eigenvalue weighted by Crippen LogP contribution is 2.39. The number of ketones is 1. The molecule has 0 amide bonds. The maximum Gasteiger partial charge on any atom is 0.454 e. The zero-order valence-electron chi connectivity index (χ0n) is 12.8. The number of halogens is 3. The summed E-state index contributed by atoms with van der Waals surface area (Å²) >= 11 is 0. The summed E-state index contributed by atoms with van der Waals surface area (Å²) in [4.78, 5) is 11.2. The smallest absolute Gasteiger partial charge is 0.454 e. The highest BCUT2D eigenvalue weighted by atomic mass is 19.4. The van der Waals surface area contributed by atoms with Gasteiger partial charge in [0.1, 0.15) is 11.5 Å². The van der Waals surface area contributed by atoms with Gasteiger partial charge in [0.05, 0.1) is 19.8 Å². The van der Waals surface area contributed by atoms with Crippen LogP contribution in [0.15, 0.2) is 36.4 Å². The average molecular weight is 324 g/mol. The summed E-state index contributed by atoms with van der Waals surface area (Å²) in [6.07, 6.45) is -4.89. The molecule has 0 saturated heterocycles. The fourth-order valence-electron chi connectivity index (χ4n) is 2.28. The third kappa shape index (κ3) is 3.47. The third-order valence-electron chi connectivity index (χ3n) is 3.34. The van der Waals surface area contributed by atoms with Crippen LogP contribution in [0, 0.1) is 6.92 Å². The topological polar surface area (TPSA) is 35.5 Å². The lowest BCUT2D eigenvalue weighted by Crippen LogP contribution is -2.22. The Labute approximate surface area is 131 Å². The summed E-state index contributed by atoms with van der Waals surface area (Å²) in [6.45, 7) is 1.87. The second-order valence-electron chi connectivity index (χ2n) is 4.95. The number of benzene rings is 2.